The van der Waals surface area contributed by atoms with Gasteiger partial charge in [0.2, 0.25) is 0 Å². The summed E-state index contributed by atoms with van der Waals surface area (Å²) in [4.78, 5) is 29.7. The number of carbonyl (C=O) groups is 2. The van der Waals surface area contributed by atoms with Gasteiger partial charge in [-0.05, 0) is 117 Å². The first-order valence-electron chi connectivity index (χ1n) is 20.4. The lowest BCUT2D eigenvalue weighted by atomic mass is 9.97. The van der Waals surface area contributed by atoms with Crippen LogP contribution in [0.4, 0.5) is 58.7 Å². The zero-order valence-corrected chi connectivity index (χ0v) is 39.1. The fourth-order valence-electron chi connectivity index (χ4n) is 8.50. The molecule has 0 unspecified atom stereocenters. The summed E-state index contributed by atoms with van der Waals surface area (Å²) in [6.07, 6.45) is -5.01. The Morgan fingerprint density at radius 3 is 1.32 bits per heavy atom. The van der Waals surface area contributed by atoms with E-state index in [9.17, 15) is 46.1 Å². The fraction of sp³-hybridized carbons (Fsp3) is 0.261. The number of amides is 4. The van der Waals surface area contributed by atoms with E-state index in [4.69, 9.17) is 0 Å². The summed E-state index contributed by atoms with van der Waals surface area (Å²) in [5.41, 5.74) is 0.695. The van der Waals surface area contributed by atoms with Gasteiger partial charge in [-0.25, -0.2) is 9.59 Å². The van der Waals surface area contributed by atoms with Crippen molar-refractivity contribution in [1.82, 2.24) is 19.8 Å². The van der Waals surface area contributed by atoms with E-state index in [0.29, 0.717) is 65.8 Å². The van der Waals surface area contributed by atoms with Crippen molar-refractivity contribution in [1.29, 1.82) is 0 Å². The summed E-state index contributed by atoms with van der Waals surface area (Å²) in [6.45, 7) is 1.84. The number of anilines is 4. The number of alkyl halides is 6. The minimum absolute atomic E-state index is 0.0132. The highest BCUT2D eigenvalue weighted by Crippen LogP contribution is 2.48. The minimum Gasteiger partial charge on any atom is -0.494 e. The van der Waals surface area contributed by atoms with Crippen LogP contribution in [0, 0.1) is 7.14 Å². The van der Waals surface area contributed by atoms with E-state index in [-0.39, 0.29) is 34.5 Å². The maximum atomic E-state index is 13.8. The number of benzene rings is 4. The molecule has 4 heterocycles. The number of quaternary nitrogens is 1. The van der Waals surface area contributed by atoms with Crippen LogP contribution in [0.15, 0.2) is 109 Å². The van der Waals surface area contributed by atoms with Gasteiger partial charge in [-0.1, -0.05) is 36.4 Å². The quantitative estimate of drug-likeness (QED) is 0.0555. The van der Waals surface area contributed by atoms with E-state index >= 15 is 0 Å². The molecule has 0 saturated heterocycles. The van der Waals surface area contributed by atoms with Gasteiger partial charge in [0, 0.05) is 45.5 Å². The molecule has 2 aliphatic heterocycles. The summed E-state index contributed by atoms with van der Waals surface area (Å²) in [5.74, 6) is -0.262. The maximum absolute atomic E-state index is 13.8. The van der Waals surface area contributed by atoms with Crippen molar-refractivity contribution in [3.05, 3.63) is 150 Å². The van der Waals surface area contributed by atoms with Gasteiger partial charge in [-0.15, -0.1) is 0 Å². The van der Waals surface area contributed by atoms with Gasteiger partial charge in [-0.3, -0.25) is 9.80 Å². The molecule has 0 aliphatic carbocycles. The highest BCUT2D eigenvalue weighted by atomic mass is 127. The normalized spacial score (nSPS) is 16.6. The number of fused-ring (bicyclic) bond motifs is 2. The number of halogens is 8. The van der Waals surface area contributed by atoms with Crippen LogP contribution in [0.5, 0.6) is 11.8 Å². The highest BCUT2D eigenvalue weighted by Gasteiger charge is 2.41. The third-order valence-electron chi connectivity index (χ3n) is 11.7. The lowest BCUT2D eigenvalue weighted by Gasteiger charge is -2.33. The molecule has 4 amide bonds. The van der Waals surface area contributed by atoms with Gasteiger partial charge < -0.3 is 34.5 Å². The van der Waals surface area contributed by atoms with Crippen LogP contribution in [0.25, 0.3) is 0 Å². The number of nitrogens with one attached hydrogen (secondary N) is 2. The molecule has 0 bridgehead atoms. The van der Waals surface area contributed by atoms with E-state index < -0.39 is 47.6 Å². The second-order valence-electron chi connectivity index (χ2n) is 16.6. The molecule has 2 aliphatic rings. The van der Waals surface area contributed by atoms with Crippen molar-refractivity contribution < 1.29 is 50.6 Å². The Labute approximate surface area is 397 Å². The van der Waals surface area contributed by atoms with Gasteiger partial charge in [0.1, 0.15) is 0 Å². The molecule has 0 fully saturated rings. The van der Waals surface area contributed by atoms with Crippen LogP contribution >= 0.6 is 45.2 Å². The van der Waals surface area contributed by atoms with Crippen LogP contribution in [0.2, 0.25) is 0 Å². The van der Waals surface area contributed by atoms with Crippen molar-refractivity contribution in [3.8, 4) is 11.8 Å². The maximum Gasteiger partial charge on any atom is 0.416 e. The molecular weight excluding hydrogens is 1080 g/mol. The predicted octanol–water partition coefficient (Wildman–Crippen LogP) is 11.4. The molecule has 6 aromatic rings. The Hall–Kier alpha value is -5.42. The van der Waals surface area contributed by atoms with Crippen molar-refractivity contribution in [3.63, 3.8) is 0 Å². The van der Waals surface area contributed by atoms with Crippen molar-refractivity contribution in [2.45, 2.75) is 50.4 Å². The number of aryl methyl sites for hydroxylation is 2. The van der Waals surface area contributed by atoms with E-state index in [1.165, 1.54) is 24.3 Å². The summed E-state index contributed by atoms with van der Waals surface area (Å²) >= 11 is 4.31. The average Bonchev–Trinajstić information content (AvgIpc) is 3.74. The van der Waals surface area contributed by atoms with Gasteiger partial charge in [0.25, 0.3) is 0 Å². The first kappa shape index (κ1) is 46.1. The largest absolute Gasteiger partial charge is 0.494 e. The van der Waals surface area contributed by atoms with Crippen LogP contribution in [0.1, 0.15) is 58.3 Å². The Balaban J connectivity index is 1.01. The Kier molecular flexibility index (Phi) is 12.6. The van der Waals surface area contributed by atoms with Crippen LogP contribution in [-0.4, -0.2) is 63.1 Å². The van der Waals surface area contributed by atoms with Crippen molar-refractivity contribution in [2.75, 3.05) is 37.0 Å². The number of carbonyl (C=O) groups excluding carboxylic acids is 2. The van der Waals surface area contributed by atoms with E-state index in [0.717, 1.165) is 41.2 Å². The molecule has 4 aromatic carbocycles. The smallest absolute Gasteiger partial charge is 0.416 e. The molecular formula is C46H42F6I2N7O4+. The summed E-state index contributed by atoms with van der Waals surface area (Å²) in [7, 11) is 4.05. The number of urea groups is 2. The van der Waals surface area contributed by atoms with Crippen LogP contribution in [-0.2, 0) is 25.4 Å². The lowest BCUT2D eigenvalue weighted by Crippen LogP contribution is -2.44. The predicted molar refractivity (Wildman–Crippen MR) is 250 cm³/mol. The minimum atomic E-state index is -4.64. The zero-order chi connectivity index (χ0) is 46.6. The Bertz CT molecular complexity index is 2570. The summed E-state index contributed by atoms with van der Waals surface area (Å²) in [6, 6.07) is 20.8. The molecule has 4 N–H and O–H groups in total. The van der Waals surface area contributed by atoms with Crippen LogP contribution in [0.3, 0.4) is 0 Å². The first-order valence-corrected chi connectivity index (χ1v) is 22.6. The lowest BCUT2D eigenvalue weighted by molar-refractivity contribution is -0.890. The third kappa shape index (κ3) is 9.49. The topological polar surface area (TPSA) is 115 Å². The molecule has 340 valence electrons. The van der Waals surface area contributed by atoms with E-state index in [1.54, 1.807) is 21.5 Å². The second kappa shape index (κ2) is 17.8. The van der Waals surface area contributed by atoms with Gasteiger partial charge in [0.15, 0.2) is 11.8 Å². The molecule has 2 atom stereocenters. The number of hydrogen-bond acceptors (Lipinski definition) is 4. The molecule has 2 aromatic heterocycles. The molecule has 0 saturated carbocycles. The Morgan fingerprint density at radius 1 is 0.600 bits per heavy atom. The van der Waals surface area contributed by atoms with Crippen LogP contribution < -0.4 is 20.4 Å². The first-order chi connectivity index (χ1) is 30.7. The third-order valence-corrected chi connectivity index (χ3v) is 13.2. The standard InChI is InChI=1S/C46H41F6I2N7O4/c1-61(2,21-5-19-57-25-35-37(41(57)62)39(27-11-15-31(53)16-12-27)55-43(64)59(35)33-9-3-7-29(23-33)45(47,48)49)22-6-20-58-26-36-38(42(58)63)40(28-13-17-32(54)18-14-28)56-44(65)60(36)34-10-4-8-30(24-34)46(50,51)52/h3-4,7-18,23-26,39-40H,5-6,19-22H2,1-2H3,(H3-,55,56,62,63,64,65)/p+1/t39-,40-/m1/s1. The molecule has 0 spiro atoms. The Morgan fingerprint density at radius 2 is 0.969 bits per heavy atom. The number of aromatic nitrogens is 2. The van der Waals surface area contributed by atoms with Gasteiger partial charge >= 0.3 is 24.4 Å². The number of hydrogen-bond donors (Lipinski definition) is 4. The van der Waals surface area contributed by atoms with E-state index in [1.807, 2.05) is 62.6 Å². The fourth-order valence-corrected chi connectivity index (χ4v) is 9.22. The van der Waals surface area contributed by atoms with Gasteiger partial charge in [-0.2, -0.15) is 26.3 Å². The molecule has 19 heteroatoms. The average molecular weight is 1120 g/mol. The zero-order valence-electron chi connectivity index (χ0n) is 34.8. The van der Waals surface area contributed by atoms with Crippen molar-refractivity contribution >= 4 is 80.0 Å². The summed E-state index contributed by atoms with van der Waals surface area (Å²) < 4.78 is 88.2. The number of nitrogens with zero attached hydrogens (tertiary/aromatic N) is 5. The molecule has 11 nitrogen and oxygen atoms in total. The number of aromatic hydroxyl groups is 2. The van der Waals surface area contributed by atoms with Crippen molar-refractivity contribution in [2.24, 2.45) is 0 Å². The summed E-state index contributed by atoms with van der Waals surface area (Å²) in [5, 5.41) is 29.2. The SMILES string of the molecule is C[N+](C)(CCCn1cc2c(c1O)[C@@H](c1ccc(I)cc1)NC(=O)N2c1cccc(C(F)(F)F)c1)CCCn1cc2c(c1O)[C@@H](c1ccc(I)cc1)NC(=O)N2c1cccc(C(F)(F)F)c1. The molecule has 65 heavy (non-hydrogen) atoms. The number of rotatable bonds is 12. The van der Waals surface area contributed by atoms with Gasteiger partial charge in [0.05, 0.1) is 84.3 Å². The highest BCUT2D eigenvalue weighted by molar-refractivity contribution is 14.1. The van der Waals surface area contributed by atoms with E-state index in [2.05, 4.69) is 55.8 Å². The monoisotopic (exact) mass is 1120 g/mol. The second-order valence-corrected chi connectivity index (χ2v) is 19.1. The molecule has 0 radical (unpaired) electrons. The molecule has 8 rings (SSSR count).